The van der Waals surface area contributed by atoms with Crippen LogP contribution in [0.1, 0.15) is 10.5 Å². The summed E-state index contributed by atoms with van der Waals surface area (Å²) in [5.74, 6) is -0.302. The molecule has 0 aliphatic heterocycles. The molecule has 0 radical (unpaired) electrons. The Kier molecular flexibility index (Phi) is 3.98. The summed E-state index contributed by atoms with van der Waals surface area (Å²) in [6.45, 7) is 0.154. The van der Waals surface area contributed by atoms with Crippen molar-refractivity contribution in [1.29, 1.82) is 0 Å². The first-order valence-electron chi connectivity index (χ1n) is 5.46. The molecule has 18 heavy (non-hydrogen) atoms. The molecule has 0 unspecified atom stereocenters. The maximum Gasteiger partial charge on any atom is 0.273 e. The third-order valence-electron chi connectivity index (χ3n) is 2.33. The molecule has 0 fully saturated rings. The molecule has 1 N–H and O–H groups in total. The van der Waals surface area contributed by atoms with E-state index in [-0.39, 0.29) is 18.3 Å². The van der Waals surface area contributed by atoms with Gasteiger partial charge < -0.3 is 10.1 Å². The summed E-state index contributed by atoms with van der Waals surface area (Å²) in [4.78, 5) is 19.8. The topological polar surface area (TPSA) is 64.1 Å². The Morgan fingerprint density at radius 2 is 2.00 bits per heavy atom. The SMILES string of the molecule is COCNC(=O)c1cnc(-c2ccccc2)cn1. The van der Waals surface area contributed by atoms with Crippen molar-refractivity contribution in [1.82, 2.24) is 15.3 Å². The monoisotopic (exact) mass is 243 g/mol. The van der Waals surface area contributed by atoms with Gasteiger partial charge in [-0.1, -0.05) is 30.3 Å². The standard InChI is InChI=1S/C13H13N3O2/c1-18-9-16-13(17)12-8-14-11(7-15-12)10-5-3-2-4-6-10/h2-8H,9H2,1H3,(H,16,17). The van der Waals surface area contributed by atoms with E-state index in [0.717, 1.165) is 11.3 Å². The van der Waals surface area contributed by atoms with Gasteiger partial charge in [-0.15, -0.1) is 0 Å². The molecule has 1 aromatic carbocycles. The molecular formula is C13H13N3O2. The summed E-state index contributed by atoms with van der Waals surface area (Å²) < 4.78 is 4.75. The van der Waals surface area contributed by atoms with Crippen LogP contribution in [0.15, 0.2) is 42.7 Å². The number of carbonyl (C=O) groups is 1. The first kappa shape index (κ1) is 12.2. The van der Waals surface area contributed by atoms with E-state index in [4.69, 9.17) is 4.74 Å². The molecule has 0 aliphatic rings. The van der Waals surface area contributed by atoms with E-state index in [0.29, 0.717) is 0 Å². The number of ether oxygens (including phenoxy) is 1. The van der Waals surface area contributed by atoms with Gasteiger partial charge in [0.25, 0.3) is 5.91 Å². The Hall–Kier alpha value is -2.27. The van der Waals surface area contributed by atoms with Gasteiger partial charge in [0.05, 0.1) is 18.1 Å². The molecule has 92 valence electrons. The Morgan fingerprint density at radius 1 is 1.22 bits per heavy atom. The number of amides is 1. The number of nitrogens with zero attached hydrogens (tertiary/aromatic N) is 2. The van der Waals surface area contributed by atoms with E-state index < -0.39 is 0 Å². The van der Waals surface area contributed by atoms with Gasteiger partial charge in [-0.05, 0) is 0 Å². The average Bonchev–Trinajstić information content (AvgIpc) is 2.46. The summed E-state index contributed by atoms with van der Waals surface area (Å²) in [6.07, 6.45) is 3.03. The number of rotatable bonds is 4. The second kappa shape index (κ2) is 5.88. The third kappa shape index (κ3) is 2.89. The van der Waals surface area contributed by atoms with Crippen molar-refractivity contribution in [3.8, 4) is 11.3 Å². The predicted molar refractivity (Wildman–Crippen MR) is 66.8 cm³/mol. The number of nitrogens with one attached hydrogen (secondary N) is 1. The third-order valence-corrected chi connectivity index (χ3v) is 2.33. The van der Waals surface area contributed by atoms with Crippen LogP contribution in [-0.4, -0.2) is 29.7 Å². The fourth-order valence-electron chi connectivity index (χ4n) is 1.43. The minimum atomic E-state index is -0.302. The van der Waals surface area contributed by atoms with Gasteiger partial charge in [-0.25, -0.2) is 4.98 Å². The van der Waals surface area contributed by atoms with Crippen LogP contribution < -0.4 is 5.32 Å². The zero-order valence-corrected chi connectivity index (χ0v) is 9.96. The second-order valence-corrected chi connectivity index (χ2v) is 3.59. The van der Waals surface area contributed by atoms with Crippen molar-refractivity contribution < 1.29 is 9.53 Å². The molecule has 0 atom stereocenters. The zero-order valence-electron chi connectivity index (χ0n) is 9.96. The van der Waals surface area contributed by atoms with E-state index in [2.05, 4.69) is 15.3 Å². The summed E-state index contributed by atoms with van der Waals surface area (Å²) in [5, 5.41) is 2.54. The Labute approximate surface area is 105 Å². The van der Waals surface area contributed by atoms with Gasteiger partial charge in [0.15, 0.2) is 0 Å². The Bertz CT molecular complexity index is 512. The highest BCUT2D eigenvalue weighted by Crippen LogP contribution is 2.14. The normalized spacial score (nSPS) is 10.1. The first-order valence-corrected chi connectivity index (χ1v) is 5.46. The molecular weight excluding hydrogens is 230 g/mol. The van der Waals surface area contributed by atoms with Crippen LogP contribution in [0.3, 0.4) is 0 Å². The summed E-state index contributed by atoms with van der Waals surface area (Å²) in [6, 6.07) is 9.67. The van der Waals surface area contributed by atoms with E-state index in [1.165, 1.54) is 13.3 Å². The molecule has 0 saturated heterocycles. The van der Waals surface area contributed by atoms with Crippen molar-refractivity contribution in [2.24, 2.45) is 0 Å². The number of hydrogen-bond acceptors (Lipinski definition) is 4. The van der Waals surface area contributed by atoms with Gasteiger partial charge in [-0.3, -0.25) is 9.78 Å². The van der Waals surface area contributed by atoms with Gasteiger partial charge in [0.1, 0.15) is 12.4 Å². The molecule has 1 aromatic heterocycles. The molecule has 5 nitrogen and oxygen atoms in total. The number of benzene rings is 1. The highest BCUT2D eigenvalue weighted by atomic mass is 16.5. The smallest absolute Gasteiger partial charge is 0.273 e. The van der Waals surface area contributed by atoms with Crippen LogP contribution >= 0.6 is 0 Å². The van der Waals surface area contributed by atoms with Crippen LogP contribution in [0.25, 0.3) is 11.3 Å². The summed E-state index contributed by atoms with van der Waals surface area (Å²) in [7, 11) is 1.50. The van der Waals surface area contributed by atoms with E-state index in [1.807, 2.05) is 30.3 Å². The highest BCUT2D eigenvalue weighted by Gasteiger charge is 2.07. The predicted octanol–water partition coefficient (Wildman–Crippen LogP) is 1.48. The second-order valence-electron chi connectivity index (χ2n) is 3.59. The van der Waals surface area contributed by atoms with Crippen LogP contribution in [0.4, 0.5) is 0 Å². The summed E-state index contributed by atoms with van der Waals surface area (Å²) in [5.41, 5.74) is 1.97. The van der Waals surface area contributed by atoms with Crippen LogP contribution in [-0.2, 0) is 4.74 Å². The maximum atomic E-state index is 11.6. The number of hydrogen-bond donors (Lipinski definition) is 1. The van der Waals surface area contributed by atoms with Gasteiger partial charge in [0.2, 0.25) is 0 Å². The molecule has 2 aromatic rings. The van der Waals surface area contributed by atoms with Crippen molar-refractivity contribution >= 4 is 5.91 Å². The fraction of sp³-hybridized carbons (Fsp3) is 0.154. The van der Waals surface area contributed by atoms with E-state index >= 15 is 0 Å². The minimum absolute atomic E-state index is 0.154. The largest absolute Gasteiger partial charge is 0.364 e. The van der Waals surface area contributed by atoms with Gasteiger partial charge >= 0.3 is 0 Å². The lowest BCUT2D eigenvalue weighted by atomic mass is 10.2. The number of carbonyl (C=O) groups excluding carboxylic acids is 1. The number of aromatic nitrogens is 2. The summed E-state index contributed by atoms with van der Waals surface area (Å²) >= 11 is 0. The lowest BCUT2D eigenvalue weighted by Crippen LogP contribution is -2.26. The Morgan fingerprint density at radius 3 is 2.61 bits per heavy atom. The van der Waals surface area contributed by atoms with Crippen molar-refractivity contribution in [2.45, 2.75) is 0 Å². The number of methoxy groups -OCH3 is 1. The lowest BCUT2D eigenvalue weighted by Gasteiger charge is -2.04. The molecule has 0 spiro atoms. The van der Waals surface area contributed by atoms with Crippen molar-refractivity contribution in [3.05, 3.63) is 48.4 Å². The van der Waals surface area contributed by atoms with Crippen molar-refractivity contribution in [3.63, 3.8) is 0 Å². The van der Waals surface area contributed by atoms with E-state index in [9.17, 15) is 4.79 Å². The van der Waals surface area contributed by atoms with Crippen LogP contribution in [0, 0.1) is 0 Å². The lowest BCUT2D eigenvalue weighted by molar-refractivity contribution is 0.0867. The van der Waals surface area contributed by atoms with Crippen molar-refractivity contribution in [2.75, 3.05) is 13.8 Å². The minimum Gasteiger partial charge on any atom is -0.364 e. The van der Waals surface area contributed by atoms with Gasteiger partial charge in [0, 0.05) is 12.7 Å². The first-order chi connectivity index (χ1) is 8.81. The van der Waals surface area contributed by atoms with Crippen LogP contribution in [0.5, 0.6) is 0 Å². The van der Waals surface area contributed by atoms with E-state index in [1.54, 1.807) is 6.20 Å². The molecule has 0 saturated carbocycles. The Balaban J connectivity index is 2.13. The molecule has 5 heteroatoms. The molecule has 2 rings (SSSR count). The van der Waals surface area contributed by atoms with Crippen LogP contribution in [0.2, 0.25) is 0 Å². The molecule has 1 heterocycles. The molecule has 0 bridgehead atoms. The molecule has 0 aliphatic carbocycles. The maximum absolute atomic E-state index is 11.6. The quantitative estimate of drug-likeness (QED) is 0.826. The zero-order chi connectivity index (χ0) is 12.8. The average molecular weight is 243 g/mol. The molecule has 1 amide bonds. The fourth-order valence-corrected chi connectivity index (χ4v) is 1.43. The van der Waals surface area contributed by atoms with Gasteiger partial charge in [-0.2, -0.15) is 0 Å². The highest BCUT2D eigenvalue weighted by molar-refractivity contribution is 5.91.